The van der Waals surface area contributed by atoms with Gasteiger partial charge in [-0.2, -0.15) is 5.10 Å². The molecule has 1 saturated heterocycles. The van der Waals surface area contributed by atoms with E-state index >= 15 is 0 Å². The molecule has 4 aromatic rings. The lowest BCUT2D eigenvalue weighted by Gasteiger charge is -2.23. The molecule has 0 bridgehead atoms. The molecule has 11 nitrogen and oxygen atoms in total. The zero-order valence-corrected chi connectivity index (χ0v) is 21.8. The minimum absolute atomic E-state index is 0.00848. The fourth-order valence-corrected chi connectivity index (χ4v) is 6.56. The van der Waals surface area contributed by atoms with Gasteiger partial charge in [-0.3, -0.25) is 9.52 Å². The number of hydrogen-bond donors (Lipinski definition) is 2. The zero-order valence-electron chi connectivity index (χ0n) is 19.4. The van der Waals surface area contributed by atoms with Crippen molar-refractivity contribution in [2.24, 2.45) is 5.92 Å². The Morgan fingerprint density at radius 3 is 2.86 bits per heavy atom. The molecule has 0 radical (unpaired) electrons. The second-order valence-corrected chi connectivity index (χ2v) is 12.4. The molecule has 1 aliphatic heterocycles. The molecule has 2 atom stereocenters. The average Bonchev–Trinajstić information content (AvgIpc) is 3.25. The highest BCUT2D eigenvalue weighted by atomic mass is 35.5. The van der Waals surface area contributed by atoms with E-state index in [0.29, 0.717) is 36.8 Å². The quantitative estimate of drug-likeness (QED) is 0.335. The second-order valence-electron chi connectivity index (χ2n) is 8.99. The minimum Gasteiger partial charge on any atom is -0.381 e. The number of sulfonamides is 1. The Kier molecular flexibility index (Phi) is 6.31. The number of thiazole rings is 1. The van der Waals surface area contributed by atoms with E-state index in [0.717, 1.165) is 22.4 Å². The number of ether oxygens (including phenoxy) is 1. The third-order valence-electron chi connectivity index (χ3n) is 6.36. The molecule has 1 aliphatic carbocycles. The topological polar surface area (TPSA) is 140 Å². The first-order valence-corrected chi connectivity index (χ1v) is 14.4. The van der Waals surface area contributed by atoms with Gasteiger partial charge in [-0.1, -0.05) is 11.6 Å². The molecule has 37 heavy (non-hydrogen) atoms. The van der Waals surface area contributed by atoms with Crippen LogP contribution in [0.5, 0.6) is 0 Å². The maximum atomic E-state index is 13.3. The van der Waals surface area contributed by atoms with Crippen LogP contribution in [0.15, 0.2) is 43.0 Å². The zero-order chi connectivity index (χ0) is 25.6. The Labute approximate surface area is 221 Å². The smallest absolute Gasteiger partial charge is 0.280 e. The third kappa shape index (κ3) is 5.04. The van der Waals surface area contributed by atoms with Gasteiger partial charge in [0.25, 0.3) is 5.91 Å². The number of carbonyl (C=O) groups is 1. The van der Waals surface area contributed by atoms with Crippen LogP contribution in [0.4, 0.5) is 5.95 Å². The number of amides is 1. The Hall–Kier alpha value is -3.13. The summed E-state index contributed by atoms with van der Waals surface area (Å²) in [6.07, 6.45) is 8.59. The van der Waals surface area contributed by atoms with Gasteiger partial charge in [0.15, 0.2) is 5.01 Å². The summed E-state index contributed by atoms with van der Waals surface area (Å²) in [6, 6.07) is 4.72. The molecular formula is C23H22ClN7O4S2. The number of anilines is 1. The van der Waals surface area contributed by atoms with Crippen molar-refractivity contribution in [3.8, 4) is 10.4 Å². The highest BCUT2D eigenvalue weighted by Crippen LogP contribution is 2.33. The van der Waals surface area contributed by atoms with Crippen LogP contribution in [-0.2, 0) is 14.8 Å². The Morgan fingerprint density at radius 1 is 1.22 bits per heavy atom. The van der Waals surface area contributed by atoms with Crippen molar-refractivity contribution >= 4 is 50.3 Å². The summed E-state index contributed by atoms with van der Waals surface area (Å²) < 4.78 is 34.5. The van der Waals surface area contributed by atoms with Gasteiger partial charge in [0, 0.05) is 41.7 Å². The van der Waals surface area contributed by atoms with Gasteiger partial charge in [-0.05, 0) is 37.5 Å². The fourth-order valence-electron chi connectivity index (χ4n) is 4.28. The summed E-state index contributed by atoms with van der Waals surface area (Å²) in [6.45, 7) is 1.02. The number of nitrogens with zero attached hydrogens (tertiary/aromatic N) is 5. The van der Waals surface area contributed by atoms with E-state index in [9.17, 15) is 13.2 Å². The van der Waals surface area contributed by atoms with E-state index in [-0.39, 0.29) is 22.8 Å². The maximum Gasteiger partial charge on any atom is 0.280 e. The monoisotopic (exact) mass is 559 g/mol. The highest BCUT2D eigenvalue weighted by molar-refractivity contribution is 7.93. The van der Waals surface area contributed by atoms with E-state index in [1.807, 2.05) is 6.07 Å². The largest absolute Gasteiger partial charge is 0.381 e. The van der Waals surface area contributed by atoms with Crippen molar-refractivity contribution in [2.75, 3.05) is 17.9 Å². The van der Waals surface area contributed by atoms with Crippen molar-refractivity contribution in [3.05, 3.63) is 58.7 Å². The lowest BCUT2D eigenvalue weighted by Crippen LogP contribution is -2.34. The molecular weight excluding hydrogens is 538 g/mol. The van der Waals surface area contributed by atoms with Crippen molar-refractivity contribution in [3.63, 3.8) is 0 Å². The fraction of sp³-hybridized carbons (Fsp3) is 0.348. The van der Waals surface area contributed by atoms with Crippen molar-refractivity contribution in [1.82, 2.24) is 29.9 Å². The molecule has 4 aromatic heterocycles. The number of nitrogens with one attached hydrogen (secondary N) is 2. The molecule has 0 aromatic carbocycles. The number of pyridine rings is 1. The van der Waals surface area contributed by atoms with Gasteiger partial charge >= 0.3 is 0 Å². The molecule has 2 aliphatic rings. The normalized spacial score (nSPS) is 18.7. The number of fused-ring (bicyclic) bond motifs is 1. The van der Waals surface area contributed by atoms with Crippen LogP contribution >= 0.6 is 22.9 Å². The van der Waals surface area contributed by atoms with Crippen LogP contribution < -0.4 is 10.0 Å². The average molecular weight is 560 g/mol. The molecule has 6 rings (SSSR count). The Balaban J connectivity index is 1.25. The summed E-state index contributed by atoms with van der Waals surface area (Å²) >= 11 is 7.40. The number of carbonyl (C=O) groups excluding carboxylic acids is 1. The predicted octanol–water partition coefficient (Wildman–Crippen LogP) is 3.31. The van der Waals surface area contributed by atoms with Gasteiger partial charge in [0.1, 0.15) is 0 Å². The van der Waals surface area contributed by atoms with Crippen molar-refractivity contribution in [2.45, 2.75) is 30.6 Å². The molecule has 1 saturated carbocycles. The molecule has 192 valence electrons. The van der Waals surface area contributed by atoms with Crippen LogP contribution in [0.2, 0.25) is 5.02 Å². The van der Waals surface area contributed by atoms with E-state index in [1.54, 1.807) is 35.2 Å². The molecule has 0 spiro atoms. The first-order chi connectivity index (χ1) is 17.9. The van der Waals surface area contributed by atoms with Crippen molar-refractivity contribution < 1.29 is 17.9 Å². The summed E-state index contributed by atoms with van der Waals surface area (Å²) in [5, 5.41) is 7.85. The second kappa shape index (κ2) is 9.63. The van der Waals surface area contributed by atoms with Crippen LogP contribution in [0, 0.1) is 5.92 Å². The summed E-state index contributed by atoms with van der Waals surface area (Å²) in [4.78, 5) is 26.9. The first-order valence-electron chi connectivity index (χ1n) is 11.7. The standard InChI is InChI=1S/C23H22ClN7O4S2/c24-14-4-7-31-18(9-14)16(10-27-31)19-11-26-22(36-19)21(32)29-20(13-5-8-35-12-13)17-3-6-25-23(28-17)30-37(33,34)15-1-2-15/h3-4,6-7,9-11,13,15,20H,1-2,5,8,12H2,(H,29,32)(H,25,28,30)/t13-,20+/m1/s1. The van der Waals surface area contributed by atoms with Crippen LogP contribution in [0.3, 0.4) is 0 Å². The summed E-state index contributed by atoms with van der Waals surface area (Å²) in [7, 11) is -3.52. The highest BCUT2D eigenvalue weighted by Gasteiger charge is 2.37. The van der Waals surface area contributed by atoms with Crippen LogP contribution in [0.25, 0.3) is 16.0 Å². The molecule has 2 N–H and O–H groups in total. The predicted molar refractivity (Wildman–Crippen MR) is 138 cm³/mol. The lowest BCUT2D eigenvalue weighted by molar-refractivity contribution is 0.0914. The van der Waals surface area contributed by atoms with Gasteiger partial charge < -0.3 is 10.1 Å². The maximum absolute atomic E-state index is 13.3. The third-order valence-corrected chi connectivity index (χ3v) is 9.45. The molecule has 0 unspecified atom stereocenters. The van der Waals surface area contributed by atoms with E-state index in [4.69, 9.17) is 16.3 Å². The summed E-state index contributed by atoms with van der Waals surface area (Å²) in [5.74, 6) is -0.403. The molecule has 1 amide bonds. The Bertz CT molecular complexity index is 1580. The van der Waals surface area contributed by atoms with E-state index < -0.39 is 21.3 Å². The van der Waals surface area contributed by atoms with Crippen LogP contribution in [0.1, 0.15) is 40.8 Å². The van der Waals surface area contributed by atoms with Gasteiger partial charge in [-0.15, -0.1) is 11.3 Å². The Morgan fingerprint density at radius 2 is 2.08 bits per heavy atom. The summed E-state index contributed by atoms with van der Waals surface area (Å²) in [5.41, 5.74) is 2.14. The molecule has 2 fully saturated rings. The van der Waals surface area contributed by atoms with Gasteiger partial charge in [0.2, 0.25) is 16.0 Å². The van der Waals surface area contributed by atoms with Crippen molar-refractivity contribution in [1.29, 1.82) is 0 Å². The molecule has 14 heteroatoms. The number of rotatable bonds is 8. The number of halogens is 1. The number of aromatic nitrogens is 5. The first kappa shape index (κ1) is 24.2. The lowest BCUT2D eigenvalue weighted by atomic mass is 9.96. The SMILES string of the molecule is O=C(N[C@H](c1ccnc(NS(=O)(=O)C2CC2)n1)[C@@H]1CCOC1)c1ncc(-c2cnn3ccc(Cl)cc23)s1. The number of hydrogen-bond acceptors (Lipinski definition) is 9. The van der Waals surface area contributed by atoms with Gasteiger partial charge in [-0.25, -0.2) is 27.9 Å². The van der Waals surface area contributed by atoms with Crippen LogP contribution in [-0.4, -0.2) is 57.4 Å². The van der Waals surface area contributed by atoms with E-state index in [2.05, 4.69) is 30.1 Å². The van der Waals surface area contributed by atoms with Gasteiger partial charge in [0.05, 0.1) is 40.2 Å². The van der Waals surface area contributed by atoms with E-state index in [1.165, 1.54) is 17.5 Å². The minimum atomic E-state index is -3.52. The molecule has 5 heterocycles.